The minimum absolute atomic E-state index is 0.308. The normalized spacial score (nSPS) is 11.5. The second-order valence-corrected chi connectivity index (χ2v) is 12.1. The van der Waals surface area contributed by atoms with Gasteiger partial charge < -0.3 is 61.6 Å². The lowest BCUT2D eigenvalue weighted by Crippen LogP contribution is -2.15. The molecule has 0 fully saturated rings. The first-order valence-corrected chi connectivity index (χ1v) is 20.4. The van der Waals surface area contributed by atoms with E-state index in [-0.39, 0.29) is 0 Å². The van der Waals surface area contributed by atoms with Crippen molar-refractivity contribution in [1.29, 1.82) is 0 Å². The van der Waals surface area contributed by atoms with Crippen LogP contribution >= 0.6 is 0 Å². The fourth-order valence-corrected chi connectivity index (χ4v) is 4.64. The Kier molecular flexibility index (Phi) is 50.1. The number of rotatable bonds is 49. The van der Waals surface area contributed by atoms with Crippen LogP contribution in [0, 0.1) is 12.3 Å². The summed E-state index contributed by atoms with van der Waals surface area (Å²) in [6, 6.07) is 0. The van der Waals surface area contributed by atoms with Crippen LogP contribution in [0.1, 0.15) is 77.6 Å². The van der Waals surface area contributed by atoms with E-state index in [1.165, 1.54) is 64.2 Å². The van der Waals surface area contributed by atoms with Gasteiger partial charge in [0.2, 0.25) is 0 Å². The van der Waals surface area contributed by atoms with E-state index in [4.69, 9.17) is 68.0 Å². The summed E-state index contributed by atoms with van der Waals surface area (Å²) in [4.78, 5) is 0. The maximum atomic E-state index is 5.66. The lowest BCUT2D eigenvalue weighted by molar-refractivity contribution is -0.0289. The van der Waals surface area contributed by atoms with Crippen LogP contribution in [0.15, 0.2) is 0 Å². The van der Waals surface area contributed by atoms with Crippen molar-refractivity contribution in [3.63, 3.8) is 0 Å². The van der Waals surface area contributed by atoms with Crippen molar-refractivity contribution in [3.05, 3.63) is 0 Å². The van der Waals surface area contributed by atoms with Crippen molar-refractivity contribution in [2.75, 3.05) is 172 Å². The van der Waals surface area contributed by atoms with Gasteiger partial charge in [0.1, 0.15) is 6.61 Å². The van der Waals surface area contributed by atoms with Gasteiger partial charge >= 0.3 is 0 Å². The summed E-state index contributed by atoms with van der Waals surface area (Å²) >= 11 is 0. The molecular weight excluding hydrogens is 688 g/mol. The third-order valence-corrected chi connectivity index (χ3v) is 7.54. The van der Waals surface area contributed by atoms with E-state index >= 15 is 0 Å². The highest BCUT2D eigenvalue weighted by Crippen LogP contribution is 2.11. The molecule has 0 N–H and O–H groups in total. The molecule has 316 valence electrons. The van der Waals surface area contributed by atoms with E-state index in [2.05, 4.69) is 12.8 Å². The van der Waals surface area contributed by atoms with E-state index in [1.807, 2.05) is 0 Å². The lowest BCUT2D eigenvalue weighted by Gasteiger charge is -2.09. The summed E-state index contributed by atoms with van der Waals surface area (Å²) in [5.74, 6) is 2.40. The van der Waals surface area contributed by atoms with Gasteiger partial charge in [0.15, 0.2) is 0 Å². The number of ether oxygens (including phenoxy) is 13. The largest absolute Gasteiger partial charge is 0.379 e. The van der Waals surface area contributed by atoms with Crippen molar-refractivity contribution in [3.8, 4) is 12.3 Å². The monoisotopic (exact) mass is 767 g/mol. The van der Waals surface area contributed by atoms with E-state index in [0.29, 0.717) is 165 Å². The van der Waals surface area contributed by atoms with Crippen LogP contribution < -0.4 is 0 Å². The molecule has 0 radical (unpaired) electrons. The van der Waals surface area contributed by atoms with Crippen molar-refractivity contribution in [1.82, 2.24) is 0 Å². The second kappa shape index (κ2) is 51.0. The van der Waals surface area contributed by atoms with E-state index in [9.17, 15) is 0 Å². The maximum Gasteiger partial charge on any atom is 0.107 e. The number of unbranched alkanes of at least 4 members (excludes halogenated alkanes) is 10. The SMILES string of the molecule is C#CCOCCOCCOCCOCCOCCOCCOCCOCCOCCOCCOCCOCCOCCCCCCCCCCCCC. The van der Waals surface area contributed by atoms with Gasteiger partial charge in [-0.3, -0.25) is 0 Å². The highest BCUT2D eigenvalue weighted by Gasteiger charge is 1.98. The first kappa shape index (κ1) is 52.0. The van der Waals surface area contributed by atoms with Crippen molar-refractivity contribution in [2.45, 2.75) is 77.6 Å². The van der Waals surface area contributed by atoms with Crippen molar-refractivity contribution < 1.29 is 61.6 Å². The van der Waals surface area contributed by atoms with Crippen molar-refractivity contribution in [2.24, 2.45) is 0 Å². The maximum absolute atomic E-state index is 5.66. The number of terminal acetylenes is 1. The Hall–Kier alpha value is -0.960. The predicted octanol–water partition coefficient (Wildman–Crippen LogP) is 5.15. The average molecular weight is 767 g/mol. The molecular formula is C40H78O13. The van der Waals surface area contributed by atoms with Crippen LogP contribution in [0.5, 0.6) is 0 Å². The molecule has 0 unspecified atom stereocenters. The molecule has 13 heteroatoms. The molecule has 0 aromatic heterocycles. The van der Waals surface area contributed by atoms with Gasteiger partial charge in [0, 0.05) is 6.61 Å². The van der Waals surface area contributed by atoms with E-state index in [0.717, 1.165) is 13.0 Å². The van der Waals surface area contributed by atoms with E-state index in [1.54, 1.807) is 0 Å². The zero-order chi connectivity index (χ0) is 38.1. The smallest absolute Gasteiger partial charge is 0.107 e. The Morgan fingerprint density at radius 3 is 0.660 bits per heavy atom. The Morgan fingerprint density at radius 2 is 0.434 bits per heavy atom. The molecule has 0 bridgehead atoms. The molecule has 0 saturated heterocycles. The number of hydrogen-bond acceptors (Lipinski definition) is 13. The zero-order valence-corrected chi connectivity index (χ0v) is 33.5. The third-order valence-electron chi connectivity index (χ3n) is 7.54. The summed E-state index contributed by atoms with van der Waals surface area (Å²) in [7, 11) is 0. The molecule has 0 amide bonds. The fraction of sp³-hybridized carbons (Fsp3) is 0.950. The average Bonchev–Trinajstić information content (AvgIpc) is 3.17. The molecule has 0 aromatic rings. The molecule has 0 aliphatic heterocycles. The van der Waals surface area contributed by atoms with Crippen molar-refractivity contribution >= 4 is 0 Å². The van der Waals surface area contributed by atoms with Crippen LogP contribution in [0.4, 0.5) is 0 Å². The van der Waals surface area contributed by atoms with Gasteiger partial charge in [-0.15, -0.1) is 6.42 Å². The van der Waals surface area contributed by atoms with Crippen LogP contribution in [0.25, 0.3) is 0 Å². The molecule has 13 nitrogen and oxygen atoms in total. The molecule has 53 heavy (non-hydrogen) atoms. The first-order chi connectivity index (χ1) is 26.4. The van der Waals surface area contributed by atoms with Gasteiger partial charge in [-0.2, -0.15) is 0 Å². The minimum atomic E-state index is 0.308. The van der Waals surface area contributed by atoms with Crippen LogP contribution in [0.3, 0.4) is 0 Å². The summed E-state index contributed by atoms with van der Waals surface area (Å²) in [5.41, 5.74) is 0. The highest BCUT2D eigenvalue weighted by atomic mass is 16.6. The predicted molar refractivity (Wildman–Crippen MR) is 206 cm³/mol. The molecule has 0 saturated carbocycles. The topological polar surface area (TPSA) is 120 Å². The summed E-state index contributed by atoms with van der Waals surface area (Å²) in [5, 5.41) is 0. The van der Waals surface area contributed by atoms with Gasteiger partial charge in [0.25, 0.3) is 0 Å². The minimum Gasteiger partial charge on any atom is -0.379 e. The summed E-state index contributed by atoms with van der Waals surface area (Å²) in [6.45, 7) is 16.1. The highest BCUT2D eigenvalue weighted by molar-refractivity contribution is 4.82. The molecule has 0 aromatic carbocycles. The second-order valence-electron chi connectivity index (χ2n) is 12.1. The van der Waals surface area contributed by atoms with E-state index < -0.39 is 0 Å². The third kappa shape index (κ3) is 51.0. The Bertz CT molecular complexity index is 684. The summed E-state index contributed by atoms with van der Waals surface area (Å²) in [6.07, 6.45) is 19.9. The van der Waals surface area contributed by atoms with Crippen LogP contribution in [-0.2, 0) is 61.6 Å². The molecule has 0 aliphatic carbocycles. The van der Waals surface area contributed by atoms with Gasteiger partial charge in [0.05, 0.1) is 159 Å². The quantitative estimate of drug-likeness (QED) is 0.0601. The van der Waals surface area contributed by atoms with Gasteiger partial charge in [-0.05, 0) is 6.42 Å². The zero-order valence-electron chi connectivity index (χ0n) is 33.5. The lowest BCUT2D eigenvalue weighted by atomic mass is 10.1. The Morgan fingerprint density at radius 1 is 0.245 bits per heavy atom. The summed E-state index contributed by atoms with van der Waals surface area (Å²) < 4.78 is 71.1. The van der Waals surface area contributed by atoms with Crippen LogP contribution in [0.2, 0.25) is 0 Å². The molecule has 0 atom stereocenters. The molecule has 0 heterocycles. The Balaban J connectivity index is 3.05. The molecule has 0 aliphatic rings. The van der Waals surface area contributed by atoms with Gasteiger partial charge in [-0.25, -0.2) is 0 Å². The fourth-order valence-electron chi connectivity index (χ4n) is 4.64. The Labute approximate surface area is 322 Å². The standard InChI is InChI=1S/C40H78O13/c1-3-5-6-7-8-9-10-11-12-13-14-16-42-18-20-44-22-24-46-26-28-48-30-32-50-34-36-52-38-40-53-39-37-51-35-33-49-31-29-47-27-25-45-23-21-43-19-17-41-15-4-2/h2H,3,5-40H2,1H3. The first-order valence-electron chi connectivity index (χ1n) is 20.4. The molecule has 0 spiro atoms. The van der Waals surface area contributed by atoms with Gasteiger partial charge in [-0.1, -0.05) is 77.1 Å². The van der Waals surface area contributed by atoms with Crippen LogP contribution in [-0.4, -0.2) is 172 Å². The molecule has 0 rings (SSSR count). The number of hydrogen-bond donors (Lipinski definition) is 0.